The molecule has 1 aromatic rings. The van der Waals surface area contributed by atoms with E-state index in [1.54, 1.807) is 24.2 Å². The topological polar surface area (TPSA) is 71.2 Å². The lowest BCUT2D eigenvalue weighted by Crippen LogP contribution is -2.43. The molecule has 0 saturated carbocycles. The Labute approximate surface area is 122 Å². The van der Waals surface area contributed by atoms with E-state index in [1.165, 1.54) is 0 Å². The summed E-state index contributed by atoms with van der Waals surface area (Å²) in [4.78, 5) is 18.3. The monoisotopic (exact) mass is 328 g/mol. The van der Waals surface area contributed by atoms with Crippen molar-refractivity contribution in [2.45, 2.75) is 33.7 Å². The third-order valence-electron chi connectivity index (χ3n) is 3.38. The summed E-state index contributed by atoms with van der Waals surface area (Å²) >= 11 is 3.32. The number of nitrogens with one attached hydrogen (secondary N) is 1. The summed E-state index contributed by atoms with van der Waals surface area (Å²) in [5.74, 6) is 5.67. The Balaban J connectivity index is 3.10. The highest BCUT2D eigenvalue weighted by molar-refractivity contribution is 9.10. The number of amides is 1. The van der Waals surface area contributed by atoms with Crippen LogP contribution in [-0.2, 0) is 0 Å². The van der Waals surface area contributed by atoms with Gasteiger partial charge < -0.3 is 10.3 Å². The van der Waals surface area contributed by atoms with Crippen LogP contribution in [0.2, 0.25) is 0 Å². The fourth-order valence-corrected chi connectivity index (χ4v) is 2.00. The lowest BCUT2D eigenvalue weighted by atomic mass is 9.87. The third kappa shape index (κ3) is 3.67. The fraction of sp³-hybridized carbons (Fsp3) is 0.538. The van der Waals surface area contributed by atoms with E-state index in [0.29, 0.717) is 11.4 Å². The maximum atomic E-state index is 12.5. The van der Waals surface area contributed by atoms with Crippen LogP contribution in [-0.4, -0.2) is 28.9 Å². The lowest BCUT2D eigenvalue weighted by Gasteiger charge is -2.35. The summed E-state index contributed by atoms with van der Waals surface area (Å²) in [7, 11) is 1.79. The smallest absolute Gasteiger partial charge is 0.257 e. The predicted octanol–water partition coefficient (Wildman–Crippen LogP) is 2.64. The van der Waals surface area contributed by atoms with Crippen LogP contribution in [0.25, 0.3) is 0 Å². The maximum Gasteiger partial charge on any atom is 0.257 e. The second kappa shape index (κ2) is 5.88. The van der Waals surface area contributed by atoms with Crippen LogP contribution in [0.15, 0.2) is 16.7 Å². The molecule has 0 saturated heterocycles. The summed E-state index contributed by atoms with van der Waals surface area (Å²) < 4.78 is 0.742. The van der Waals surface area contributed by atoms with Crippen molar-refractivity contribution in [3.63, 3.8) is 0 Å². The molecule has 1 amide bonds. The number of halogens is 1. The van der Waals surface area contributed by atoms with Crippen molar-refractivity contribution in [3.8, 4) is 0 Å². The molecule has 1 unspecified atom stereocenters. The average Bonchev–Trinajstić information content (AvgIpc) is 2.34. The van der Waals surface area contributed by atoms with Gasteiger partial charge in [-0.2, -0.15) is 0 Å². The van der Waals surface area contributed by atoms with Gasteiger partial charge in [-0.05, 0) is 34.3 Å². The van der Waals surface area contributed by atoms with Crippen LogP contribution in [0.1, 0.15) is 38.1 Å². The number of nitrogens with two attached hydrogens (primary N) is 1. The van der Waals surface area contributed by atoms with Gasteiger partial charge in [0, 0.05) is 23.8 Å². The first-order valence-corrected chi connectivity index (χ1v) is 6.87. The predicted molar refractivity (Wildman–Crippen MR) is 80.8 cm³/mol. The molecule has 1 aromatic heterocycles. The molecule has 6 heteroatoms. The molecule has 106 valence electrons. The number of aromatic nitrogens is 1. The summed E-state index contributed by atoms with van der Waals surface area (Å²) in [5.41, 5.74) is 2.91. The van der Waals surface area contributed by atoms with Gasteiger partial charge in [0.25, 0.3) is 5.91 Å². The average molecular weight is 329 g/mol. The van der Waals surface area contributed by atoms with Crippen molar-refractivity contribution in [3.05, 3.63) is 22.3 Å². The number of nitrogen functional groups attached to an aromatic ring is 1. The Morgan fingerprint density at radius 3 is 2.58 bits per heavy atom. The number of carbonyl (C=O) groups excluding carboxylic acids is 1. The fourth-order valence-electron chi connectivity index (χ4n) is 1.66. The summed E-state index contributed by atoms with van der Waals surface area (Å²) in [6.45, 7) is 8.33. The molecule has 1 rings (SSSR count). The zero-order valence-corrected chi connectivity index (χ0v) is 13.6. The molecule has 0 aliphatic carbocycles. The quantitative estimate of drug-likeness (QED) is 0.661. The Bertz CT molecular complexity index is 470. The zero-order chi connectivity index (χ0) is 14.8. The molecule has 1 atom stereocenters. The van der Waals surface area contributed by atoms with Crippen molar-refractivity contribution in [1.82, 2.24) is 9.88 Å². The number of pyridine rings is 1. The van der Waals surface area contributed by atoms with E-state index in [2.05, 4.69) is 47.1 Å². The Morgan fingerprint density at radius 2 is 2.11 bits per heavy atom. The molecule has 0 spiro atoms. The van der Waals surface area contributed by atoms with Crippen molar-refractivity contribution in [1.29, 1.82) is 0 Å². The highest BCUT2D eigenvalue weighted by atomic mass is 79.9. The molecule has 3 N–H and O–H groups in total. The number of hydrogen-bond acceptors (Lipinski definition) is 4. The molecule has 0 aliphatic rings. The first-order chi connectivity index (χ1) is 8.68. The van der Waals surface area contributed by atoms with Gasteiger partial charge in [-0.1, -0.05) is 20.8 Å². The molecule has 1 heterocycles. The number of hydrazine groups is 1. The molecule has 19 heavy (non-hydrogen) atoms. The van der Waals surface area contributed by atoms with Gasteiger partial charge in [0.1, 0.15) is 0 Å². The van der Waals surface area contributed by atoms with Gasteiger partial charge in [0.15, 0.2) is 5.82 Å². The third-order valence-corrected chi connectivity index (χ3v) is 3.81. The van der Waals surface area contributed by atoms with Crippen molar-refractivity contribution >= 4 is 27.7 Å². The zero-order valence-electron chi connectivity index (χ0n) is 12.0. The van der Waals surface area contributed by atoms with Crippen LogP contribution in [0, 0.1) is 5.41 Å². The van der Waals surface area contributed by atoms with Crippen LogP contribution >= 0.6 is 15.9 Å². The van der Waals surface area contributed by atoms with Crippen molar-refractivity contribution in [2.75, 3.05) is 12.5 Å². The summed E-state index contributed by atoms with van der Waals surface area (Å²) in [6.07, 6.45) is 1.60. The van der Waals surface area contributed by atoms with Gasteiger partial charge in [-0.3, -0.25) is 4.79 Å². The minimum absolute atomic E-state index is 0.000156. The van der Waals surface area contributed by atoms with Crippen LogP contribution < -0.4 is 11.3 Å². The number of rotatable bonds is 3. The van der Waals surface area contributed by atoms with Crippen LogP contribution in [0.5, 0.6) is 0 Å². The molecule has 0 fully saturated rings. The normalized spacial score (nSPS) is 13.0. The number of hydrogen-bond donors (Lipinski definition) is 2. The summed E-state index contributed by atoms with van der Waals surface area (Å²) in [6, 6.07) is 1.81. The van der Waals surface area contributed by atoms with E-state index in [-0.39, 0.29) is 17.4 Å². The molecular weight excluding hydrogens is 308 g/mol. The molecule has 0 aliphatic heterocycles. The number of anilines is 1. The standard InChI is InChI=1S/C13H21BrN4O/c1-8(13(2,3)4)18(5)12(19)10-6-9(14)7-16-11(10)17-15/h6-8H,15H2,1-5H3,(H,16,17). The second-order valence-corrected chi connectivity index (χ2v) is 6.57. The van der Waals surface area contributed by atoms with E-state index in [9.17, 15) is 4.79 Å². The summed E-state index contributed by atoms with van der Waals surface area (Å²) in [5, 5.41) is 0. The Hall–Kier alpha value is -1.14. The van der Waals surface area contributed by atoms with Gasteiger partial charge in [-0.15, -0.1) is 0 Å². The SMILES string of the molecule is CC(N(C)C(=O)c1cc(Br)cnc1NN)C(C)(C)C. The number of carbonyl (C=O) groups is 1. The second-order valence-electron chi connectivity index (χ2n) is 5.65. The van der Waals surface area contributed by atoms with E-state index < -0.39 is 0 Å². The van der Waals surface area contributed by atoms with Crippen LogP contribution in [0.4, 0.5) is 5.82 Å². The maximum absolute atomic E-state index is 12.5. The number of nitrogens with zero attached hydrogens (tertiary/aromatic N) is 2. The lowest BCUT2D eigenvalue weighted by molar-refractivity contribution is 0.0630. The van der Waals surface area contributed by atoms with Gasteiger partial charge in [-0.25, -0.2) is 10.8 Å². The minimum Gasteiger partial charge on any atom is -0.338 e. The first-order valence-electron chi connectivity index (χ1n) is 6.07. The molecule has 5 nitrogen and oxygen atoms in total. The largest absolute Gasteiger partial charge is 0.338 e. The molecule has 0 bridgehead atoms. The van der Waals surface area contributed by atoms with E-state index in [1.807, 2.05) is 6.92 Å². The van der Waals surface area contributed by atoms with Gasteiger partial charge >= 0.3 is 0 Å². The van der Waals surface area contributed by atoms with E-state index in [4.69, 9.17) is 5.84 Å². The Morgan fingerprint density at radius 1 is 1.53 bits per heavy atom. The Kier molecular flexibility index (Phi) is 4.92. The highest BCUT2D eigenvalue weighted by Gasteiger charge is 2.28. The molecule has 0 aromatic carbocycles. The van der Waals surface area contributed by atoms with Crippen LogP contribution in [0.3, 0.4) is 0 Å². The van der Waals surface area contributed by atoms with Crippen molar-refractivity contribution in [2.24, 2.45) is 11.3 Å². The van der Waals surface area contributed by atoms with E-state index >= 15 is 0 Å². The van der Waals surface area contributed by atoms with Gasteiger partial charge in [0.2, 0.25) is 0 Å². The first kappa shape index (κ1) is 15.9. The van der Waals surface area contributed by atoms with Gasteiger partial charge in [0.05, 0.1) is 5.56 Å². The molecule has 0 radical (unpaired) electrons. The highest BCUT2D eigenvalue weighted by Crippen LogP contribution is 2.26. The van der Waals surface area contributed by atoms with Crippen molar-refractivity contribution < 1.29 is 4.79 Å². The van der Waals surface area contributed by atoms with E-state index in [0.717, 1.165) is 4.47 Å². The minimum atomic E-state index is -0.107. The molecular formula is C13H21BrN4O.